The molecule has 1 aromatic carbocycles. The van der Waals surface area contributed by atoms with E-state index in [-0.39, 0.29) is 12.4 Å². The molecule has 7 heteroatoms. The highest BCUT2D eigenvalue weighted by Crippen LogP contribution is 2.24. The molecule has 0 atom stereocenters. The number of hydrogen-bond acceptors (Lipinski definition) is 5. The van der Waals surface area contributed by atoms with Gasteiger partial charge >= 0.3 is 5.82 Å². The molecule has 2 aromatic rings. The molecule has 0 spiro atoms. The minimum absolute atomic E-state index is 0.0305. The minimum atomic E-state index is -0.635. The maximum absolute atomic E-state index is 11.9. The molecule has 0 bridgehead atoms. The number of aromatic nitrogens is 1. The molecule has 1 heterocycles. The van der Waals surface area contributed by atoms with Crippen molar-refractivity contribution in [2.24, 2.45) is 0 Å². The Morgan fingerprint density at radius 3 is 2.57 bits per heavy atom. The third-order valence-corrected chi connectivity index (χ3v) is 3.16. The summed E-state index contributed by atoms with van der Waals surface area (Å²) < 4.78 is 5.22. The number of ether oxygens (including phenoxy) is 1. The summed E-state index contributed by atoms with van der Waals surface area (Å²) in [6.45, 7) is 3.36. The van der Waals surface area contributed by atoms with Gasteiger partial charge in [-0.25, -0.2) is 0 Å². The lowest BCUT2D eigenvalue weighted by Gasteiger charge is -2.08. The Hall–Kier alpha value is -2.96. The molecule has 0 aliphatic heterocycles. The number of benzene rings is 1. The summed E-state index contributed by atoms with van der Waals surface area (Å²) in [6, 6.07) is 10.5. The molecule has 0 unspecified atom stereocenters. The molecule has 0 radical (unpaired) electrons. The predicted molar refractivity (Wildman–Crippen MR) is 85.6 cm³/mol. The topological polar surface area (TPSA) is 94.4 Å². The van der Waals surface area contributed by atoms with Crippen LogP contribution in [0.5, 0.6) is 5.75 Å². The molecule has 120 valence electrons. The van der Waals surface area contributed by atoms with Crippen LogP contribution in [-0.2, 0) is 11.2 Å². The van der Waals surface area contributed by atoms with Crippen LogP contribution in [0.4, 0.5) is 11.5 Å². The van der Waals surface area contributed by atoms with Crippen LogP contribution in [0.3, 0.4) is 0 Å². The van der Waals surface area contributed by atoms with Gasteiger partial charge in [0.1, 0.15) is 5.69 Å². The molecule has 2 rings (SSSR count). The zero-order valence-corrected chi connectivity index (χ0v) is 12.9. The second kappa shape index (κ2) is 7.35. The number of hydrogen-bond donors (Lipinski definition) is 1. The monoisotopic (exact) mass is 315 g/mol. The van der Waals surface area contributed by atoms with Gasteiger partial charge in [-0.2, -0.15) is 0 Å². The zero-order chi connectivity index (χ0) is 16.8. The molecular formula is C16H17N3O4. The van der Waals surface area contributed by atoms with Crippen molar-refractivity contribution in [3.8, 4) is 5.75 Å². The van der Waals surface area contributed by atoms with Crippen LogP contribution in [0.25, 0.3) is 0 Å². The van der Waals surface area contributed by atoms with E-state index in [1.807, 2.05) is 19.1 Å². The van der Waals surface area contributed by atoms with Crippen LogP contribution in [0.2, 0.25) is 0 Å². The summed E-state index contributed by atoms with van der Waals surface area (Å²) >= 11 is 0. The van der Waals surface area contributed by atoms with Crippen LogP contribution >= 0.6 is 0 Å². The average molecular weight is 315 g/mol. The molecule has 0 saturated heterocycles. The fraction of sp³-hybridized carbons (Fsp3) is 0.250. The normalized spacial score (nSPS) is 10.2. The van der Waals surface area contributed by atoms with E-state index in [1.54, 1.807) is 25.1 Å². The maximum Gasteiger partial charge on any atom is 0.406 e. The van der Waals surface area contributed by atoms with Crippen LogP contribution in [0.15, 0.2) is 36.4 Å². The maximum atomic E-state index is 11.9. The molecule has 1 N–H and O–H groups in total. The van der Waals surface area contributed by atoms with Crippen molar-refractivity contribution >= 4 is 17.4 Å². The first-order valence-corrected chi connectivity index (χ1v) is 7.13. The van der Waals surface area contributed by atoms with Crippen molar-refractivity contribution in [1.29, 1.82) is 0 Å². The Morgan fingerprint density at radius 1 is 1.26 bits per heavy atom. The highest BCUT2D eigenvalue weighted by molar-refractivity contribution is 5.91. The van der Waals surface area contributed by atoms with Gasteiger partial charge in [0.25, 0.3) is 5.91 Å². The summed E-state index contributed by atoms with van der Waals surface area (Å²) in [6.07, 6.45) is 0.918. The summed E-state index contributed by atoms with van der Waals surface area (Å²) in [5, 5.41) is 13.6. The molecule has 7 nitrogen and oxygen atoms in total. The first-order chi connectivity index (χ1) is 11.0. The predicted octanol–water partition coefficient (Wildman–Crippen LogP) is 2.88. The average Bonchev–Trinajstić information content (AvgIpc) is 2.54. The number of nitrogens with zero attached hydrogens (tertiary/aromatic N) is 2. The Balaban J connectivity index is 1.97. The second-order valence-corrected chi connectivity index (χ2v) is 4.92. The lowest BCUT2D eigenvalue weighted by molar-refractivity contribution is -0.390. The van der Waals surface area contributed by atoms with Gasteiger partial charge in [-0.05, 0) is 46.2 Å². The number of nitro groups is 1. The zero-order valence-electron chi connectivity index (χ0n) is 12.9. The van der Waals surface area contributed by atoms with E-state index in [1.165, 1.54) is 11.6 Å². The van der Waals surface area contributed by atoms with Gasteiger partial charge in [0.05, 0.1) is 0 Å². The highest BCUT2D eigenvalue weighted by atomic mass is 16.6. The van der Waals surface area contributed by atoms with Crippen molar-refractivity contribution in [1.82, 2.24) is 4.98 Å². The van der Waals surface area contributed by atoms with E-state index in [9.17, 15) is 14.9 Å². The van der Waals surface area contributed by atoms with Crippen molar-refractivity contribution in [3.63, 3.8) is 0 Å². The van der Waals surface area contributed by atoms with Crippen molar-refractivity contribution in [2.75, 3.05) is 11.9 Å². The van der Waals surface area contributed by atoms with Gasteiger partial charge in [-0.3, -0.25) is 4.79 Å². The number of rotatable bonds is 6. The number of nitrogens with one attached hydrogen (secondary N) is 1. The van der Waals surface area contributed by atoms with Gasteiger partial charge < -0.3 is 20.2 Å². The number of amides is 1. The van der Waals surface area contributed by atoms with Crippen LogP contribution < -0.4 is 10.1 Å². The van der Waals surface area contributed by atoms with E-state index >= 15 is 0 Å². The van der Waals surface area contributed by atoms with Gasteiger partial charge in [0, 0.05) is 12.6 Å². The fourth-order valence-corrected chi connectivity index (χ4v) is 1.94. The summed E-state index contributed by atoms with van der Waals surface area (Å²) in [4.78, 5) is 26.0. The van der Waals surface area contributed by atoms with Crippen LogP contribution in [-0.4, -0.2) is 22.4 Å². The lowest BCUT2D eigenvalue weighted by Crippen LogP contribution is -2.20. The van der Waals surface area contributed by atoms with E-state index in [4.69, 9.17) is 4.74 Å². The smallest absolute Gasteiger partial charge is 0.406 e. The van der Waals surface area contributed by atoms with Gasteiger partial charge in [-0.1, -0.05) is 19.1 Å². The Labute approximate surface area is 133 Å². The lowest BCUT2D eigenvalue weighted by atomic mass is 10.1. The quantitative estimate of drug-likeness (QED) is 0.653. The number of carbonyl (C=O) groups excluding carboxylic acids is 1. The van der Waals surface area contributed by atoms with E-state index < -0.39 is 16.6 Å². The number of carbonyl (C=O) groups is 1. The molecule has 0 aliphatic rings. The third kappa shape index (κ3) is 4.50. The number of aryl methyl sites for hydroxylation is 2. The number of anilines is 1. The SMILES string of the molecule is CCc1ccc(NC(=O)COc2ccc(C)nc2[N+](=O)[O-])cc1. The Bertz CT molecular complexity index is 714. The van der Waals surface area contributed by atoms with Crippen molar-refractivity contribution in [2.45, 2.75) is 20.3 Å². The minimum Gasteiger partial charge on any atom is -0.476 e. The van der Waals surface area contributed by atoms with Crippen LogP contribution in [0.1, 0.15) is 18.2 Å². The standard InChI is InChI=1S/C16H17N3O4/c1-3-12-5-7-13(8-6-12)18-15(20)10-23-14-9-4-11(2)17-16(14)19(21)22/h4-9H,3,10H2,1-2H3,(H,18,20). The largest absolute Gasteiger partial charge is 0.476 e. The van der Waals surface area contributed by atoms with Gasteiger partial charge in [0.15, 0.2) is 6.61 Å². The first kappa shape index (κ1) is 16.4. The van der Waals surface area contributed by atoms with Gasteiger partial charge in [0.2, 0.25) is 5.75 Å². The molecule has 23 heavy (non-hydrogen) atoms. The fourth-order valence-electron chi connectivity index (χ4n) is 1.94. The molecule has 1 amide bonds. The molecule has 0 fully saturated rings. The van der Waals surface area contributed by atoms with Crippen molar-refractivity contribution in [3.05, 3.63) is 57.8 Å². The summed E-state index contributed by atoms with van der Waals surface area (Å²) in [5.74, 6) is -0.827. The molecular weight excluding hydrogens is 298 g/mol. The Kier molecular flexibility index (Phi) is 5.24. The van der Waals surface area contributed by atoms with Gasteiger partial charge in [-0.15, -0.1) is 0 Å². The third-order valence-electron chi connectivity index (χ3n) is 3.16. The first-order valence-electron chi connectivity index (χ1n) is 7.13. The highest BCUT2D eigenvalue weighted by Gasteiger charge is 2.18. The summed E-state index contributed by atoms with van der Waals surface area (Å²) in [7, 11) is 0. The summed E-state index contributed by atoms with van der Waals surface area (Å²) in [5.41, 5.74) is 2.32. The van der Waals surface area contributed by atoms with Crippen molar-refractivity contribution < 1.29 is 14.5 Å². The molecule has 0 aliphatic carbocycles. The molecule has 0 saturated carbocycles. The van der Waals surface area contributed by atoms with E-state index in [0.717, 1.165) is 6.42 Å². The Morgan fingerprint density at radius 2 is 1.96 bits per heavy atom. The van der Waals surface area contributed by atoms with Crippen LogP contribution in [0, 0.1) is 17.0 Å². The molecule has 1 aromatic heterocycles. The van der Waals surface area contributed by atoms with E-state index in [0.29, 0.717) is 11.4 Å². The number of pyridine rings is 1. The second-order valence-electron chi connectivity index (χ2n) is 4.92. The van der Waals surface area contributed by atoms with E-state index in [2.05, 4.69) is 10.3 Å².